The van der Waals surface area contributed by atoms with Gasteiger partial charge in [0.25, 0.3) is 0 Å². The molecule has 0 spiro atoms. The molecule has 0 amide bonds. The fourth-order valence-electron chi connectivity index (χ4n) is 2.01. The average Bonchev–Trinajstić information content (AvgIpc) is 2.39. The molecule has 2 heteroatoms. The van der Waals surface area contributed by atoms with Crippen LogP contribution in [0.5, 0.6) is 0 Å². The second-order valence-electron chi connectivity index (χ2n) is 4.64. The smallest absolute Gasteiger partial charge is 0.150 e. The maximum absolute atomic E-state index is 11.0. The van der Waals surface area contributed by atoms with Crippen LogP contribution in [0, 0.1) is 0 Å². The van der Waals surface area contributed by atoms with Crippen LogP contribution in [0.1, 0.15) is 15.9 Å². The minimum atomic E-state index is 0.767. The molecule has 0 aliphatic heterocycles. The highest BCUT2D eigenvalue weighted by Crippen LogP contribution is 2.22. The second kappa shape index (κ2) is 5.61. The highest BCUT2D eigenvalue weighted by Gasteiger charge is 2.05. The Kier molecular flexibility index (Phi) is 3.90. The Hall–Kier alpha value is -1.93. The van der Waals surface area contributed by atoms with Crippen LogP contribution in [0.4, 0.5) is 0 Å². The van der Waals surface area contributed by atoms with Crippen LogP contribution in [0.15, 0.2) is 48.5 Å². The van der Waals surface area contributed by atoms with Crippen molar-refractivity contribution in [1.82, 2.24) is 4.90 Å². The van der Waals surface area contributed by atoms with E-state index in [0.717, 1.165) is 29.5 Å². The molecule has 18 heavy (non-hydrogen) atoms. The van der Waals surface area contributed by atoms with E-state index in [9.17, 15) is 4.79 Å². The summed E-state index contributed by atoms with van der Waals surface area (Å²) in [6.45, 7) is 0.773. The monoisotopic (exact) mass is 239 g/mol. The largest absolute Gasteiger partial charge is 0.305 e. The van der Waals surface area contributed by atoms with E-state index in [2.05, 4.69) is 23.1 Å². The SMILES string of the molecule is CN(C)Cc1cc(-c2ccccc2)ccc1C=O. The van der Waals surface area contributed by atoms with Crippen LogP contribution < -0.4 is 0 Å². The fourth-order valence-corrected chi connectivity index (χ4v) is 2.01. The van der Waals surface area contributed by atoms with Crippen molar-refractivity contribution >= 4 is 6.29 Å². The molecule has 0 fully saturated rings. The molecule has 0 aromatic heterocycles. The van der Waals surface area contributed by atoms with E-state index in [1.807, 2.05) is 44.4 Å². The third-order valence-electron chi connectivity index (χ3n) is 2.86. The molecular weight excluding hydrogens is 222 g/mol. The van der Waals surface area contributed by atoms with Gasteiger partial charge in [-0.1, -0.05) is 42.5 Å². The maximum atomic E-state index is 11.0. The van der Waals surface area contributed by atoms with Crippen molar-refractivity contribution in [3.63, 3.8) is 0 Å². The zero-order valence-electron chi connectivity index (χ0n) is 10.8. The van der Waals surface area contributed by atoms with Crippen LogP contribution in [0.25, 0.3) is 11.1 Å². The van der Waals surface area contributed by atoms with Gasteiger partial charge >= 0.3 is 0 Å². The van der Waals surface area contributed by atoms with Gasteiger partial charge in [-0.2, -0.15) is 0 Å². The summed E-state index contributed by atoms with van der Waals surface area (Å²) in [5, 5.41) is 0. The van der Waals surface area contributed by atoms with Crippen LogP contribution in [0.3, 0.4) is 0 Å². The lowest BCUT2D eigenvalue weighted by Crippen LogP contribution is -2.12. The molecule has 2 nitrogen and oxygen atoms in total. The van der Waals surface area contributed by atoms with Crippen molar-refractivity contribution in [2.45, 2.75) is 6.54 Å². The van der Waals surface area contributed by atoms with Crippen molar-refractivity contribution in [3.05, 3.63) is 59.7 Å². The number of carbonyl (C=O) groups is 1. The van der Waals surface area contributed by atoms with E-state index in [1.165, 1.54) is 5.56 Å². The summed E-state index contributed by atoms with van der Waals surface area (Å²) in [5.74, 6) is 0. The number of hydrogen-bond donors (Lipinski definition) is 0. The van der Waals surface area contributed by atoms with Gasteiger partial charge in [0, 0.05) is 12.1 Å². The van der Waals surface area contributed by atoms with Crippen molar-refractivity contribution in [2.75, 3.05) is 14.1 Å². The highest BCUT2D eigenvalue weighted by molar-refractivity contribution is 5.79. The molecule has 2 aromatic carbocycles. The normalized spacial score (nSPS) is 10.6. The van der Waals surface area contributed by atoms with Crippen LogP contribution in [0.2, 0.25) is 0 Å². The Morgan fingerprint density at radius 1 is 1.00 bits per heavy atom. The zero-order valence-corrected chi connectivity index (χ0v) is 10.8. The number of nitrogens with zero attached hydrogens (tertiary/aromatic N) is 1. The molecule has 0 atom stereocenters. The van der Waals surface area contributed by atoms with Crippen molar-refractivity contribution in [1.29, 1.82) is 0 Å². The van der Waals surface area contributed by atoms with E-state index < -0.39 is 0 Å². The quantitative estimate of drug-likeness (QED) is 0.763. The standard InChI is InChI=1S/C16H17NO/c1-17(2)11-16-10-14(8-9-15(16)12-18)13-6-4-3-5-7-13/h3-10,12H,11H2,1-2H3. The molecule has 0 aliphatic rings. The molecule has 0 saturated carbocycles. The number of rotatable bonds is 4. The molecule has 0 radical (unpaired) electrons. The molecule has 92 valence electrons. The van der Waals surface area contributed by atoms with E-state index in [4.69, 9.17) is 0 Å². The lowest BCUT2D eigenvalue weighted by atomic mass is 9.99. The predicted molar refractivity (Wildman–Crippen MR) is 74.7 cm³/mol. The van der Waals surface area contributed by atoms with Crippen molar-refractivity contribution in [3.8, 4) is 11.1 Å². The molecule has 0 N–H and O–H groups in total. The molecule has 0 saturated heterocycles. The van der Waals surface area contributed by atoms with Gasteiger partial charge in [-0.05, 0) is 36.9 Å². The average molecular weight is 239 g/mol. The Bertz CT molecular complexity index is 532. The minimum absolute atomic E-state index is 0.767. The Morgan fingerprint density at radius 3 is 2.33 bits per heavy atom. The fraction of sp³-hybridized carbons (Fsp3) is 0.188. The van der Waals surface area contributed by atoms with Crippen LogP contribution in [-0.2, 0) is 6.54 Å². The highest BCUT2D eigenvalue weighted by atomic mass is 16.1. The molecule has 2 aromatic rings. The van der Waals surface area contributed by atoms with Gasteiger partial charge in [0.05, 0.1) is 0 Å². The number of aldehydes is 1. The summed E-state index contributed by atoms with van der Waals surface area (Å²) < 4.78 is 0. The summed E-state index contributed by atoms with van der Waals surface area (Å²) in [4.78, 5) is 13.1. The molecular formula is C16H17NO. The molecule has 0 bridgehead atoms. The zero-order chi connectivity index (χ0) is 13.0. The lowest BCUT2D eigenvalue weighted by molar-refractivity contribution is 0.112. The lowest BCUT2D eigenvalue weighted by Gasteiger charge is -2.13. The third-order valence-corrected chi connectivity index (χ3v) is 2.86. The van der Waals surface area contributed by atoms with E-state index in [0.29, 0.717) is 0 Å². The van der Waals surface area contributed by atoms with Crippen molar-refractivity contribution < 1.29 is 4.79 Å². The Balaban J connectivity index is 2.42. The van der Waals surface area contributed by atoms with E-state index in [1.54, 1.807) is 0 Å². The van der Waals surface area contributed by atoms with Gasteiger partial charge in [-0.15, -0.1) is 0 Å². The number of carbonyl (C=O) groups excluding carboxylic acids is 1. The summed E-state index contributed by atoms with van der Waals surface area (Å²) in [6, 6.07) is 16.2. The third kappa shape index (κ3) is 2.84. The van der Waals surface area contributed by atoms with E-state index >= 15 is 0 Å². The van der Waals surface area contributed by atoms with Gasteiger partial charge in [-0.25, -0.2) is 0 Å². The van der Waals surface area contributed by atoms with Crippen LogP contribution in [-0.4, -0.2) is 25.3 Å². The van der Waals surface area contributed by atoms with E-state index in [-0.39, 0.29) is 0 Å². The maximum Gasteiger partial charge on any atom is 0.150 e. The van der Waals surface area contributed by atoms with Gasteiger partial charge in [0.15, 0.2) is 0 Å². The summed E-state index contributed by atoms with van der Waals surface area (Å²) in [7, 11) is 4.01. The first-order valence-electron chi connectivity index (χ1n) is 5.99. The van der Waals surface area contributed by atoms with Gasteiger partial charge < -0.3 is 4.90 Å². The molecule has 0 heterocycles. The first-order chi connectivity index (χ1) is 8.70. The number of hydrogen-bond acceptors (Lipinski definition) is 2. The minimum Gasteiger partial charge on any atom is -0.305 e. The van der Waals surface area contributed by atoms with Gasteiger partial charge in [-0.3, -0.25) is 4.79 Å². The Morgan fingerprint density at radius 2 is 1.72 bits per heavy atom. The summed E-state index contributed by atoms with van der Waals surface area (Å²) >= 11 is 0. The molecule has 0 unspecified atom stereocenters. The first-order valence-corrected chi connectivity index (χ1v) is 5.99. The van der Waals surface area contributed by atoms with Gasteiger partial charge in [0.1, 0.15) is 6.29 Å². The Labute approximate surface area is 108 Å². The predicted octanol–water partition coefficient (Wildman–Crippen LogP) is 3.23. The topological polar surface area (TPSA) is 20.3 Å². The summed E-state index contributed by atoms with van der Waals surface area (Å²) in [6.07, 6.45) is 0.924. The first kappa shape index (κ1) is 12.5. The summed E-state index contributed by atoms with van der Waals surface area (Å²) in [5.41, 5.74) is 4.16. The van der Waals surface area contributed by atoms with Gasteiger partial charge in [0.2, 0.25) is 0 Å². The van der Waals surface area contributed by atoms with Crippen molar-refractivity contribution in [2.24, 2.45) is 0 Å². The second-order valence-corrected chi connectivity index (χ2v) is 4.64. The molecule has 0 aliphatic carbocycles. The molecule has 2 rings (SSSR count). The van der Waals surface area contributed by atoms with Crippen LogP contribution >= 0.6 is 0 Å². The number of benzene rings is 2.